The highest BCUT2D eigenvalue weighted by atomic mass is 19.1. The van der Waals surface area contributed by atoms with Gasteiger partial charge in [-0.25, -0.2) is 4.39 Å². The predicted molar refractivity (Wildman–Crippen MR) is 51.5 cm³/mol. The summed E-state index contributed by atoms with van der Waals surface area (Å²) in [5, 5.41) is 7.20. The number of benzene rings is 1. The van der Waals surface area contributed by atoms with Crippen LogP contribution in [0.1, 0.15) is 5.56 Å². The highest BCUT2D eigenvalue weighted by Crippen LogP contribution is 2.18. The third kappa shape index (κ3) is 1.96. The summed E-state index contributed by atoms with van der Waals surface area (Å²) in [6.45, 7) is 1.78. The maximum absolute atomic E-state index is 12.7. The van der Waals surface area contributed by atoms with Crippen LogP contribution in [0.4, 0.5) is 10.1 Å². The average molecular weight is 181 g/mol. The lowest BCUT2D eigenvalue weighted by atomic mass is 10.2. The third-order valence-corrected chi connectivity index (χ3v) is 1.88. The first-order valence-corrected chi connectivity index (χ1v) is 3.86. The first-order chi connectivity index (χ1) is 6.02. The lowest BCUT2D eigenvalue weighted by Gasteiger charge is -2.18. The van der Waals surface area contributed by atoms with E-state index in [0.717, 1.165) is 11.3 Å². The van der Waals surface area contributed by atoms with E-state index in [1.807, 2.05) is 0 Å². The number of hydrogen-bond donors (Lipinski definition) is 2. The number of guanidine groups is 1. The fourth-order valence-electron chi connectivity index (χ4n) is 1.12. The van der Waals surface area contributed by atoms with Gasteiger partial charge in [-0.2, -0.15) is 0 Å². The van der Waals surface area contributed by atoms with Crippen LogP contribution in [0, 0.1) is 18.2 Å². The first kappa shape index (κ1) is 9.51. The number of nitrogens with two attached hydrogens (primary N) is 1. The van der Waals surface area contributed by atoms with E-state index in [1.165, 1.54) is 17.0 Å². The summed E-state index contributed by atoms with van der Waals surface area (Å²) in [7, 11) is 1.67. The number of nitrogens with one attached hydrogen (secondary N) is 1. The zero-order valence-electron chi connectivity index (χ0n) is 7.63. The zero-order chi connectivity index (χ0) is 10.0. The molecule has 1 aromatic carbocycles. The number of halogens is 1. The smallest absolute Gasteiger partial charge is 0.192 e. The Morgan fingerprint density at radius 3 is 2.62 bits per heavy atom. The predicted octanol–water partition coefficient (Wildman–Crippen LogP) is 1.46. The SMILES string of the molecule is Cc1cc(F)ccc1N(C)C(=N)N. The Kier molecular flexibility index (Phi) is 2.51. The van der Waals surface area contributed by atoms with Crippen molar-refractivity contribution in [1.29, 1.82) is 5.41 Å². The van der Waals surface area contributed by atoms with E-state index in [2.05, 4.69) is 0 Å². The van der Waals surface area contributed by atoms with Crippen molar-refractivity contribution < 1.29 is 4.39 Å². The summed E-state index contributed by atoms with van der Waals surface area (Å²) < 4.78 is 12.7. The van der Waals surface area contributed by atoms with E-state index in [4.69, 9.17) is 11.1 Å². The van der Waals surface area contributed by atoms with E-state index in [-0.39, 0.29) is 11.8 Å². The van der Waals surface area contributed by atoms with Crippen molar-refractivity contribution in [3.8, 4) is 0 Å². The molecule has 0 spiro atoms. The Labute approximate surface area is 76.5 Å². The van der Waals surface area contributed by atoms with Crippen LogP contribution < -0.4 is 10.6 Å². The maximum atomic E-state index is 12.7. The van der Waals surface area contributed by atoms with Gasteiger partial charge in [0, 0.05) is 12.7 Å². The molecule has 3 nitrogen and oxygen atoms in total. The molecule has 0 saturated carbocycles. The van der Waals surface area contributed by atoms with Crippen molar-refractivity contribution >= 4 is 11.6 Å². The van der Waals surface area contributed by atoms with Gasteiger partial charge in [-0.1, -0.05) is 0 Å². The van der Waals surface area contributed by atoms with Gasteiger partial charge in [0.25, 0.3) is 0 Å². The molecule has 0 amide bonds. The third-order valence-electron chi connectivity index (χ3n) is 1.88. The molecule has 0 bridgehead atoms. The Hall–Kier alpha value is -1.58. The standard InChI is InChI=1S/C9H12FN3/c1-6-5-7(10)3-4-8(6)13(2)9(11)12/h3-5H,1-2H3,(H3,11,12). The van der Waals surface area contributed by atoms with Crippen molar-refractivity contribution in [1.82, 2.24) is 0 Å². The summed E-state index contributed by atoms with van der Waals surface area (Å²) in [5.41, 5.74) is 6.80. The van der Waals surface area contributed by atoms with Gasteiger partial charge in [0.2, 0.25) is 0 Å². The fourth-order valence-corrected chi connectivity index (χ4v) is 1.12. The van der Waals surface area contributed by atoms with E-state index in [9.17, 15) is 4.39 Å². The fraction of sp³-hybridized carbons (Fsp3) is 0.222. The molecule has 0 aliphatic heterocycles. The second kappa shape index (κ2) is 3.43. The molecular weight excluding hydrogens is 169 g/mol. The molecule has 0 aliphatic rings. The number of aryl methyl sites for hydroxylation is 1. The molecule has 0 aliphatic carbocycles. The van der Waals surface area contributed by atoms with E-state index < -0.39 is 0 Å². The topological polar surface area (TPSA) is 53.1 Å². The van der Waals surface area contributed by atoms with Crippen molar-refractivity contribution in [3.63, 3.8) is 0 Å². The minimum Gasteiger partial charge on any atom is -0.370 e. The molecule has 70 valence electrons. The van der Waals surface area contributed by atoms with Crippen LogP contribution in [-0.2, 0) is 0 Å². The Morgan fingerprint density at radius 2 is 2.15 bits per heavy atom. The lowest BCUT2D eigenvalue weighted by molar-refractivity contribution is 0.626. The highest BCUT2D eigenvalue weighted by molar-refractivity contribution is 5.92. The minimum atomic E-state index is -0.279. The van der Waals surface area contributed by atoms with Gasteiger partial charge >= 0.3 is 0 Å². The number of nitrogens with zero attached hydrogens (tertiary/aromatic N) is 1. The minimum absolute atomic E-state index is 0.0605. The van der Waals surface area contributed by atoms with Crippen molar-refractivity contribution in [3.05, 3.63) is 29.6 Å². The van der Waals surface area contributed by atoms with Gasteiger partial charge in [0.1, 0.15) is 5.82 Å². The van der Waals surface area contributed by atoms with Gasteiger partial charge in [-0.15, -0.1) is 0 Å². The maximum Gasteiger partial charge on any atom is 0.192 e. The molecule has 0 aromatic heterocycles. The number of hydrogen-bond acceptors (Lipinski definition) is 1. The van der Waals surface area contributed by atoms with Crippen LogP contribution in [0.3, 0.4) is 0 Å². The van der Waals surface area contributed by atoms with Gasteiger partial charge in [-0.05, 0) is 30.7 Å². The Bertz CT molecular complexity index is 336. The van der Waals surface area contributed by atoms with Crippen LogP contribution in [0.5, 0.6) is 0 Å². The Morgan fingerprint density at radius 1 is 1.54 bits per heavy atom. The van der Waals surface area contributed by atoms with Crippen LogP contribution in [-0.4, -0.2) is 13.0 Å². The van der Waals surface area contributed by atoms with Crippen molar-refractivity contribution in [2.45, 2.75) is 6.92 Å². The molecule has 0 fully saturated rings. The van der Waals surface area contributed by atoms with Crippen LogP contribution in [0.2, 0.25) is 0 Å². The second-order valence-corrected chi connectivity index (χ2v) is 2.88. The molecule has 0 radical (unpaired) electrons. The molecule has 0 unspecified atom stereocenters. The molecule has 13 heavy (non-hydrogen) atoms. The van der Waals surface area contributed by atoms with E-state index in [1.54, 1.807) is 20.0 Å². The molecule has 0 saturated heterocycles. The molecular formula is C9H12FN3. The van der Waals surface area contributed by atoms with Gasteiger partial charge in [-0.3, -0.25) is 5.41 Å². The lowest BCUT2D eigenvalue weighted by Crippen LogP contribution is -2.33. The first-order valence-electron chi connectivity index (χ1n) is 3.86. The van der Waals surface area contributed by atoms with Gasteiger partial charge in [0.05, 0.1) is 0 Å². The van der Waals surface area contributed by atoms with Crippen LogP contribution in [0.25, 0.3) is 0 Å². The molecule has 0 atom stereocenters. The summed E-state index contributed by atoms with van der Waals surface area (Å²) in [6.07, 6.45) is 0. The van der Waals surface area contributed by atoms with Crippen LogP contribution in [0.15, 0.2) is 18.2 Å². The summed E-state index contributed by atoms with van der Waals surface area (Å²) in [6, 6.07) is 4.36. The molecule has 3 N–H and O–H groups in total. The van der Waals surface area contributed by atoms with Gasteiger partial charge < -0.3 is 10.6 Å². The quantitative estimate of drug-likeness (QED) is 0.509. The van der Waals surface area contributed by atoms with Crippen LogP contribution >= 0.6 is 0 Å². The number of anilines is 1. The zero-order valence-corrected chi connectivity index (χ0v) is 7.63. The number of rotatable bonds is 1. The molecule has 0 heterocycles. The van der Waals surface area contributed by atoms with Crippen molar-refractivity contribution in [2.24, 2.45) is 5.73 Å². The van der Waals surface area contributed by atoms with E-state index in [0.29, 0.717) is 0 Å². The molecule has 4 heteroatoms. The normalized spacial score (nSPS) is 9.77. The summed E-state index contributed by atoms with van der Waals surface area (Å²) >= 11 is 0. The highest BCUT2D eigenvalue weighted by Gasteiger charge is 2.06. The largest absolute Gasteiger partial charge is 0.370 e. The van der Waals surface area contributed by atoms with Crippen molar-refractivity contribution in [2.75, 3.05) is 11.9 Å². The van der Waals surface area contributed by atoms with E-state index >= 15 is 0 Å². The molecule has 1 aromatic rings. The monoisotopic (exact) mass is 181 g/mol. The molecule has 1 rings (SSSR count). The Balaban J connectivity index is 3.08. The van der Waals surface area contributed by atoms with Gasteiger partial charge in [0.15, 0.2) is 5.96 Å². The second-order valence-electron chi connectivity index (χ2n) is 2.88. The summed E-state index contributed by atoms with van der Waals surface area (Å²) in [5.74, 6) is -0.340. The summed E-state index contributed by atoms with van der Waals surface area (Å²) in [4.78, 5) is 1.49. The average Bonchev–Trinajstić information content (AvgIpc) is 2.03.